The third kappa shape index (κ3) is 2.52. The van der Waals surface area contributed by atoms with Gasteiger partial charge in [-0.25, -0.2) is 0 Å². The highest BCUT2D eigenvalue weighted by Gasteiger charge is 2.54. The van der Waals surface area contributed by atoms with E-state index in [1.54, 1.807) is 6.07 Å². The molecule has 138 valence electrons. The van der Waals surface area contributed by atoms with Crippen LogP contribution in [0.1, 0.15) is 11.3 Å². The van der Waals surface area contributed by atoms with E-state index < -0.39 is 11.9 Å². The van der Waals surface area contributed by atoms with E-state index in [4.69, 9.17) is 4.74 Å². The Bertz CT molecular complexity index is 1110. The summed E-state index contributed by atoms with van der Waals surface area (Å²) in [6, 6.07) is 7.39. The van der Waals surface area contributed by atoms with Crippen molar-refractivity contribution in [2.45, 2.75) is 0 Å². The highest BCUT2D eigenvalue weighted by atomic mass is 79.9. The first-order chi connectivity index (χ1) is 12.8. The lowest BCUT2D eigenvalue weighted by Gasteiger charge is -2.32. The van der Waals surface area contributed by atoms with Crippen LogP contribution in [0.4, 0.5) is 14.3 Å². The average Bonchev–Trinajstić information content (AvgIpc) is 3.20. The Labute approximate surface area is 168 Å². The first-order valence-electron chi connectivity index (χ1n) is 7.74. The second-order valence-electron chi connectivity index (χ2n) is 5.93. The molecule has 0 radical (unpaired) electrons. The Morgan fingerprint density at radius 3 is 2.63 bits per heavy atom. The maximum Gasteiger partial charge on any atom is 0.738 e. The van der Waals surface area contributed by atoms with Crippen LogP contribution in [-0.2, 0) is 0 Å². The molecule has 1 aromatic carbocycles. The van der Waals surface area contributed by atoms with E-state index in [1.807, 2.05) is 0 Å². The molecule has 3 heterocycles. The monoisotopic (exact) mass is 499 g/mol. The summed E-state index contributed by atoms with van der Waals surface area (Å²) >= 11 is 6.33. The number of hydrogen-bond donors (Lipinski definition) is 0. The Kier molecular flexibility index (Phi) is 4.11. The Hall–Kier alpha value is -2.27. The molecule has 1 aromatic heterocycles. The van der Waals surface area contributed by atoms with E-state index in [9.17, 15) is 10.1 Å². The smallest absolute Gasteiger partial charge is 0.497 e. The van der Waals surface area contributed by atoms with Crippen molar-refractivity contribution >= 4 is 54.7 Å². The number of nitro groups is 1. The molecule has 6 nitrogen and oxygen atoms in total. The van der Waals surface area contributed by atoms with Gasteiger partial charge in [-0.15, -0.1) is 0 Å². The SMILES string of the molecule is COc1ccc(C2=C3C=CC(Br)=[N+]3[B-](F)(F)n3c(Br)ccc32)c([N+](=O)[O-])c1. The maximum absolute atomic E-state index is 15.2. The predicted molar refractivity (Wildman–Crippen MR) is 105 cm³/mol. The van der Waals surface area contributed by atoms with Crippen molar-refractivity contribution in [1.82, 2.24) is 4.48 Å². The Balaban J connectivity index is 2.11. The number of fused-ring (bicyclic) bond motifs is 2. The Morgan fingerprint density at radius 2 is 1.96 bits per heavy atom. The fourth-order valence-corrected chi connectivity index (χ4v) is 4.55. The first-order valence-corrected chi connectivity index (χ1v) is 9.32. The maximum atomic E-state index is 15.2. The zero-order valence-electron chi connectivity index (χ0n) is 13.7. The van der Waals surface area contributed by atoms with Gasteiger partial charge in [0.2, 0.25) is 4.62 Å². The topological polar surface area (TPSA) is 60.3 Å². The lowest BCUT2D eigenvalue weighted by Crippen LogP contribution is -2.50. The van der Waals surface area contributed by atoms with Crippen molar-refractivity contribution in [1.29, 1.82) is 0 Å². The lowest BCUT2D eigenvalue weighted by atomic mass is 9.86. The number of hydrogen-bond acceptors (Lipinski definition) is 3. The summed E-state index contributed by atoms with van der Waals surface area (Å²) in [5, 5.41) is 11.7. The molecule has 0 spiro atoms. The van der Waals surface area contributed by atoms with E-state index in [-0.39, 0.29) is 31.9 Å². The highest BCUT2D eigenvalue weighted by molar-refractivity contribution is 9.18. The van der Waals surface area contributed by atoms with Crippen LogP contribution in [0.3, 0.4) is 0 Å². The van der Waals surface area contributed by atoms with Crippen LogP contribution in [0.2, 0.25) is 0 Å². The van der Waals surface area contributed by atoms with Gasteiger partial charge in [0, 0.05) is 33.8 Å². The minimum absolute atomic E-state index is 0.183. The van der Waals surface area contributed by atoms with Gasteiger partial charge in [-0.05, 0) is 40.2 Å². The van der Waals surface area contributed by atoms with Gasteiger partial charge in [0.05, 0.1) is 33.8 Å². The van der Waals surface area contributed by atoms with Gasteiger partial charge in [-0.1, -0.05) is 0 Å². The summed E-state index contributed by atoms with van der Waals surface area (Å²) in [6.45, 7) is -4.18. The van der Waals surface area contributed by atoms with Gasteiger partial charge >= 0.3 is 6.97 Å². The van der Waals surface area contributed by atoms with Crippen LogP contribution in [0, 0.1) is 10.1 Å². The molecule has 0 saturated carbocycles. The molecule has 0 bridgehead atoms. The second kappa shape index (κ2) is 6.13. The number of allylic oxidation sites excluding steroid dienone is 2. The Morgan fingerprint density at radius 1 is 1.22 bits per heavy atom. The van der Waals surface area contributed by atoms with Crippen LogP contribution < -0.4 is 4.74 Å². The van der Waals surface area contributed by atoms with E-state index in [2.05, 4.69) is 31.9 Å². The molecule has 2 aliphatic heterocycles. The average molecular weight is 501 g/mol. The second-order valence-corrected chi connectivity index (χ2v) is 7.55. The van der Waals surface area contributed by atoms with Crippen molar-refractivity contribution in [2.24, 2.45) is 0 Å². The molecule has 0 saturated heterocycles. The predicted octanol–water partition coefficient (Wildman–Crippen LogP) is 4.54. The fraction of sp³-hybridized carbons (Fsp3) is 0.0625. The molecule has 0 fully saturated rings. The molecule has 0 amide bonds. The van der Waals surface area contributed by atoms with Crippen molar-refractivity contribution in [3.05, 3.63) is 74.2 Å². The van der Waals surface area contributed by atoms with Crippen molar-refractivity contribution in [3.8, 4) is 5.75 Å². The van der Waals surface area contributed by atoms with Gasteiger partial charge in [0.25, 0.3) is 5.69 Å². The quantitative estimate of drug-likeness (QED) is 0.353. The largest absolute Gasteiger partial charge is 0.738 e. The van der Waals surface area contributed by atoms with Crippen LogP contribution in [0.15, 0.2) is 52.8 Å². The molecule has 2 aliphatic rings. The van der Waals surface area contributed by atoms with Gasteiger partial charge in [-0.2, -0.15) is 0 Å². The molecule has 4 rings (SSSR count). The lowest BCUT2D eigenvalue weighted by molar-refractivity contribution is -0.385. The zero-order valence-corrected chi connectivity index (χ0v) is 16.9. The number of nitro benzene ring substituents is 1. The normalized spacial score (nSPS) is 17.2. The van der Waals surface area contributed by atoms with Gasteiger partial charge in [-0.3, -0.25) is 10.1 Å². The minimum atomic E-state index is -4.18. The van der Waals surface area contributed by atoms with E-state index in [0.29, 0.717) is 11.3 Å². The van der Waals surface area contributed by atoms with E-state index >= 15 is 8.63 Å². The standard InChI is InChI=1S/C16H10BBr2F2N3O3/c1-27-9-2-3-10(13(8-9)24(25)26)16-11-4-6-14(18)22(11)17(20,21)23-12(16)5-7-15(23)19/h2-8H,1H3. The number of aromatic nitrogens is 1. The third-order valence-electron chi connectivity index (χ3n) is 4.54. The van der Waals surface area contributed by atoms with Crippen LogP contribution in [0.5, 0.6) is 5.75 Å². The molecule has 2 aromatic rings. The van der Waals surface area contributed by atoms with Crippen LogP contribution in [-0.4, -0.2) is 32.6 Å². The highest BCUT2D eigenvalue weighted by Crippen LogP contribution is 2.44. The van der Waals surface area contributed by atoms with Crippen LogP contribution >= 0.6 is 31.9 Å². The number of ether oxygens (including phenoxy) is 1. The summed E-state index contributed by atoms with van der Waals surface area (Å²) in [5.74, 6) is 0.310. The fourth-order valence-electron chi connectivity index (χ4n) is 3.41. The number of halogens is 4. The molecule has 0 aliphatic carbocycles. The van der Waals surface area contributed by atoms with Crippen molar-refractivity contribution in [2.75, 3.05) is 7.11 Å². The minimum Gasteiger partial charge on any atom is -0.497 e. The third-order valence-corrected chi connectivity index (χ3v) is 5.83. The summed E-state index contributed by atoms with van der Waals surface area (Å²) in [6.07, 6.45) is 3.02. The van der Waals surface area contributed by atoms with E-state index in [0.717, 1.165) is 8.96 Å². The zero-order chi connectivity index (χ0) is 19.5. The molecule has 0 unspecified atom stereocenters. The molecule has 0 N–H and O–H groups in total. The van der Waals surface area contributed by atoms with Crippen LogP contribution in [0.25, 0.3) is 5.57 Å². The van der Waals surface area contributed by atoms with Crippen molar-refractivity contribution in [3.63, 3.8) is 0 Å². The molecular formula is C16H10BBr2F2N3O3. The van der Waals surface area contributed by atoms with Gasteiger partial charge in [0.1, 0.15) is 5.75 Å². The molecule has 11 heteroatoms. The summed E-state index contributed by atoms with van der Waals surface area (Å²) < 4.78 is 37.6. The number of rotatable bonds is 3. The summed E-state index contributed by atoms with van der Waals surface area (Å²) in [5.41, 5.74) is 0.727. The first kappa shape index (κ1) is 18.1. The van der Waals surface area contributed by atoms with Crippen molar-refractivity contribution < 1.29 is 22.8 Å². The van der Waals surface area contributed by atoms with E-state index in [1.165, 1.54) is 43.5 Å². The summed E-state index contributed by atoms with van der Waals surface area (Å²) in [4.78, 5) is 11.1. The molecule has 27 heavy (non-hydrogen) atoms. The number of methoxy groups -OCH3 is 1. The number of nitrogens with zero attached hydrogens (tertiary/aromatic N) is 3. The van der Waals surface area contributed by atoms with Gasteiger partial charge < -0.3 is 22.3 Å². The number of benzene rings is 1. The molecule has 0 atom stereocenters. The summed E-state index contributed by atoms with van der Waals surface area (Å²) in [7, 11) is 1.40. The molecular weight excluding hydrogens is 491 g/mol. The van der Waals surface area contributed by atoms with Gasteiger partial charge in [0.15, 0.2) is 5.70 Å².